The molecule has 1 fully saturated rings. The monoisotopic (exact) mass is 349 g/mol. The fraction of sp³-hybridized carbons (Fsp3) is 0.526. The quantitative estimate of drug-likeness (QED) is 0.816. The van der Waals surface area contributed by atoms with E-state index >= 15 is 0 Å². The van der Waals surface area contributed by atoms with Gasteiger partial charge in [0.1, 0.15) is 11.6 Å². The number of hydrogen-bond donors (Lipinski definition) is 0. The van der Waals surface area contributed by atoms with E-state index in [2.05, 4.69) is 35.8 Å². The van der Waals surface area contributed by atoms with Crippen molar-refractivity contribution in [2.24, 2.45) is 0 Å². The summed E-state index contributed by atoms with van der Waals surface area (Å²) in [6.07, 6.45) is 2.49. The second-order valence-electron chi connectivity index (χ2n) is 6.22. The van der Waals surface area contributed by atoms with Crippen LogP contribution in [0.4, 0.5) is 5.82 Å². The van der Waals surface area contributed by atoms with Gasteiger partial charge in [-0.1, -0.05) is 13.8 Å². The standard InChI is InChI=1S/C19H27N3O.ClH/c1-4-16(5-2)21-10-12-22(13-11-21)19-9-6-15-14-17(23-3)7-8-18(15)20-19;/h6-9,14,16H,4-5,10-13H2,1-3H3;1H. The molecule has 0 bridgehead atoms. The van der Waals surface area contributed by atoms with Crippen molar-refractivity contribution in [1.82, 2.24) is 9.88 Å². The highest BCUT2D eigenvalue weighted by Crippen LogP contribution is 2.23. The van der Waals surface area contributed by atoms with Gasteiger partial charge in [0.25, 0.3) is 0 Å². The molecule has 0 atom stereocenters. The second kappa shape index (κ2) is 8.54. The highest BCUT2D eigenvalue weighted by atomic mass is 35.5. The largest absolute Gasteiger partial charge is 0.497 e. The van der Waals surface area contributed by atoms with E-state index in [4.69, 9.17) is 9.72 Å². The van der Waals surface area contributed by atoms with Crippen LogP contribution in [0.3, 0.4) is 0 Å². The van der Waals surface area contributed by atoms with Gasteiger partial charge >= 0.3 is 0 Å². The van der Waals surface area contributed by atoms with Crippen molar-refractivity contribution in [1.29, 1.82) is 0 Å². The maximum atomic E-state index is 5.28. The van der Waals surface area contributed by atoms with Crippen molar-refractivity contribution in [3.05, 3.63) is 30.3 Å². The molecule has 0 saturated carbocycles. The van der Waals surface area contributed by atoms with Crippen molar-refractivity contribution >= 4 is 29.1 Å². The van der Waals surface area contributed by atoms with Crippen LogP contribution >= 0.6 is 12.4 Å². The molecule has 0 amide bonds. The number of pyridine rings is 1. The smallest absolute Gasteiger partial charge is 0.129 e. The van der Waals surface area contributed by atoms with Gasteiger partial charge in [-0.15, -0.1) is 12.4 Å². The molecular formula is C19H28ClN3O. The summed E-state index contributed by atoms with van der Waals surface area (Å²) in [5.41, 5.74) is 1.03. The summed E-state index contributed by atoms with van der Waals surface area (Å²) in [7, 11) is 1.70. The maximum absolute atomic E-state index is 5.28. The normalized spacial score (nSPS) is 15.6. The van der Waals surface area contributed by atoms with Crippen molar-refractivity contribution < 1.29 is 4.74 Å². The Morgan fingerprint density at radius 1 is 1.04 bits per heavy atom. The molecule has 1 aromatic heterocycles. The minimum absolute atomic E-state index is 0. The molecule has 1 saturated heterocycles. The lowest BCUT2D eigenvalue weighted by atomic mass is 10.1. The third-order valence-corrected chi connectivity index (χ3v) is 4.98. The zero-order valence-electron chi connectivity index (χ0n) is 14.9. The third-order valence-electron chi connectivity index (χ3n) is 4.98. The highest BCUT2D eigenvalue weighted by molar-refractivity contribution is 5.85. The van der Waals surface area contributed by atoms with Crippen LogP contribution in [-0.2, 0) is 0 Å². The number of fused-ring (bicyclic) bond motifs is 1. The van der Waals surface area contributed by atoms with Crippen molar-refractivity contribution in [3.8, 4) is 5.75 Å². The molecule has 1 aliphatic rings. The predicted octanol–water partition coefficient (Wildman–Crippen LogP) is 3.98. The lowest BCUT2D eigenvalue weighted by Gasteiger charge is -2.39. The molecule has 0 N–H and O–H groups in total. The van der Waals surface area contributed by atoms with E-state index in [0.29, 0.717) is 0 Å². The Hall–Kier alpha value is -1.52. The predicted molar refractivity (Wildman–Crippen MR) is 104 cm³/mol. The Morgan fingerprint density at radius 2 is 1.75 bits per heavy atom. The summed E-state index contributed by atoms with van der Waals surface area (Å²) in [4.78, 5) is 9.87. The molecule has 1 aromatic carbocycles. The van der Waals surface area contributed by atoms with Gasteiger partial charge in [-0.3, -0.25) is 4.90 Å². The third kappa shape index (κ3) is 3.93. The van der Waals surface area contributed by atoms with E-state index in [1.54, 1.807) is 7.11 Å². The van der Waals surface area contributed by atoms with Gasteiger partial charge in [-0.2, -0.15) is 0 Å². The molecular weight excluding hydrogens is 322 g/mol. The molecule has 3 rings (SSSR count). The number of aromatic nitrogens is 1. The number of rotatable bonds is 5. The molecule has 5 heteroatoms. The zero-order valence-corrected chi connectivity index (χ0v) is 15.7. The van der Waals surface area contributed by atoms with Gasteiger partial charge in [0, 0.05) is 37.6 Å². The molecule has 4 nitrogen and oxygen atoms in total. The van der Waals surface area contributed by atoms with E-state index in [1.165, 1.54) is 12.8 Å². The summed E-state index contributed by atoms with van der Waals surface area (Å²) in [5, 5.41) is 1.13. The Kier molecular flexibility index (Phi) is 6.69. The molecule has 24 heavy (non-hydrogen) atoms. The highest BCUT2D eigenvalue weighted by Gasteiger charge is 2.22. The lowest BCUT2D eigenvalue weighted by molar-refractivity contribution is 0.175. The van der Waals surface area contributed by atoms with Crippen molar-refractivity contribution in [3.63, 3.8) is 0 Å². The first-order valence-electron chi connectivity index (χ1n) is 8.69. The number of methoxy groups -OCH3 is 1. The van der Waals surface area contributed by atoms with Crippen LogP contribution in [0.1, 0.15) is 26.7 Å². The molecule has 2 aromatic rings. The Morgan fingerprint density at radius 3 is 2.38 bits per heavy atom. The van der Waals surface area contributed by atoms with Crippen LogP contribution in [0, 0.1) is 0 Å². The molecule has 0 spiro atoms. The molecule has 0 unspecified atom stereocenters. The number of anilines is 1. The molecule has 132 valence electrons. The van der Waals surface area contributed by atoms with Crippen LogP contribution < -0.4 is 9.64 Å². The molecule has 0 aliphatic carbocycles. The lowest BCUT2D eigenvalue weighted by Crippen LogP contribution is -2.50. The average Bonchev–Trinajstić information content (AvgIpc) is 2.62. The fourth-order valence-corrected chi connectivity index (χ4v) is 3.52. The first-order chi connectivity index (χ1) is 11.2. The molecule has 0 radical (unpaired) electrons. The van der Waals surface area contributed by atoms with Crippen molar-refractivity contribution in [2.45, 2.75) is 32.7 Å². The minimum atomic E-state index is 0. The fourth-order valence-electron chi connectivity index (χ4n) is 3.52. The Labute approximate surface area is 151 Å². The van der Waals surface area contributed by atoms with Crippen LogP contribution in [-0.4, -0.2) is 49.2 Å². The van der Waals surface area contributed by atoms with Gasteiger partial charge in [0.05, 0.1) is 12.6 Å². The number of ether oxygens (including phenoxy) is 1. The summed E-state index contributed by atoms with van der Waals surface area (Å²) < 4.78 is 5.28. The van der Waals surface area contributed by atoms with Gasteiger partial charge in [-0.25, -0.2) is 4.98 Å². The Balaban J connectivity index is 0.00000208. The average molecular weight is 350 g/mol. The second-order valence-corrected chi connectivity index (χ2v) is 6.22. The van der Waals surface area contributed by atoms with Gasteiger partial charge < -0.3 is 9.64 Å². The first-order valence-corrected chi connectivity index (χ1v) is 8.69. The van der Waals surface area contributed by atoms with Crippen LogP contribution in [0.5, 0.6) is 5.75 Å². The number of piperazine rings is 1. The summed E-state index contributed by atoms with van der Waals surface area (Å²) >= 11 is 0. The molecule has 2 heterocycles. The van der Waals surface area contributed by atoms with E-state index in [0.717, 1.165) is 54.7 Å². The van der Waals surface area contributed by atoms with Gasteiger partial charge in [-0.05, 0) is 43.2 Å². The number of hydrogen-bond acceptors (Lipinski definition) is 4. The van der Waals surface area contributed by atoms with Crippen LogP contribution in [0.15, 0.2) is 30.3 Å². The van der Waals surface area contributed by atoms with E-state index < -0.39 is 0 Å². The summed E-state index contributed by atoms with van der Waals surface area (Å²) in [6, 6.07) is 11.1. The van der Waals surface area contributed by atoms with Crippen LogP contribution in [0.25, 0.3) is 10.9 Å². The minimum Gasteiger partial charge on any atom is -0.497 e. The first kappa shape index (κ1) is 18.8. The number of benzene rings is 1. The zero-order chi connectivity index (χ0) is 16.2. The number of halogens is 1. The topological polar surface area (TPSA) is 28.6 Å². The van der Waals surface area contributed by atoms with Gasteiger partial charge in [0.2, 0.25) is 0 Å². The van der Waals surface area contributed by atoms with Crippen LogP contribution in [0.2, 0.25) is 0 Å². The maximum Gasteiger partial charge on any atom is 0.129 e. The number of nitrogens with zero attached hydrogens (tertiary/aromatic N) is 3. The summed E-state index contributed by atoms with van der Waals surface area (Å²) in [6.45, 7) is 8.97. The van der Waals surface area contributed by atoms with Gasteiger partial charge in [0.15, 0.2) is 0 Å². The van der Waals surface area contributed by atoms with E-state index in [-0.39, 0.29) is 12.4 Å². The summed E-state index contributed by atoms with van der Waals surface area (Å²) in [5.74, 6) is 1.97. The van der Waals surface area contributed by atoms with E-state index in [9.17, 15) is 0 Å². The van der Waals surface area contributed by atoms with E-state index in [1.807, 2.05) is 18.2 Å². The Bertz CT molecular complexity index is 652. The molecule has 1 aliphatic heterocycles. The SMILES string of the molecule is CCC(CC)N1CCN(c2ccc3cc(OC)ccc3n2)CC1.Cl. The van der Waals surface area contributed by atoms with Crippen molar-refractivity contribution in [2.75, 3.05) is 38.2 Å².